The Bertz CT molecular complexity index is 647. The molecule has 1 aromatic carbocycles. The Hall–Kier alpha value is -2.21. The molecule has 1 heterocycles. The van der Waals surface area contributed by atoms with Crippen LogP contribution in [0.3, 0.4) is 0 Å². The summed E-state index contributed by atoms with van der Waals surface area (Å²) < 4.78 is 0. The quantitative estimate of drug-likeness (QED) is 0.856. The van der Waals surface area contributed by atoms with Gasteiger partial charge >= 0.3 is 11.8 Å². The van der Waals surface area contributed by atoms with E-state index in [0.717, 1.165) is 5.69 Å². The van der Waals surface area contributed by atoms with Crippen LogP contribution in [-0.4, -0.2) is 16.8 Å². The van der Waals surface area contributed by atoms with Crippen molar-refractivity contribution >= 4 is 34.0 Å². The van der Waals surface area contributed by atoms with Gasteiger partial charge < -0.3 is 5.32 Å². The van der Waals surface area contributed by atoms with E-state index < -0.39 is 11.8 Å². The summed E-state index contributed by atoms with van der Waals surface area (Å²) in [5.74, 6) is -1.01. The maximum absolute atomic E-state index is 11.8. The second-order valence-electron chi connectivity index (χ2n) is 4.98. The molecule has 0 aliphatic carbocycles. The van der Waals surface area contributed by atoms with E-state index in [-0.39, 0.29) is 0 Å². The van der Waals surface area contributed by atoms with Crippen LogP contribution in [0.25, 0.3) is 0 Å². The van der Waals surface area contributed by atoms with Crippen LogP contribution in [0, 0.1) is 6.92 Å². The topological polar surface area (TPSA) is 71.1 Å². The molecule has 0 saturated heterocycles. The van der Waals surface area contributed by atoms with Crippen LogP contribution < -0.4 is 10.6 Å². The third kappa shape index (κ3) is 4.13. The van der Waals surface area contributed by atoms with Gasteiger partial charge in [0.25, 0.3) is 0 Å². The molecule has 0 spiro atoms. The Balaban J connectivity index is 1.95. The van der Waals surface area contributed by atoms with Crippen LogP contribution in [0.1, 0.15) is 31.0 Å². The van der Waals surface area contributed by atoms with Gasteiger partial charge in [0.15, 0.2) is 5.13 Å². The molecule has 0 radical (unpaired) electrons. The predicted octanol–water partition coefficient (Wildman–Crippen LogP) is 3.15. The number of anilines is 2. The van der Waals surface area contributed by atoms with E-state index in [4.69, 9.17) is 0 Å². The van der Waals surface area contributed by atoms with Crippen LogP contribution in [0.15, 0.2) is 29.6 Å². The largest absolute Gasteiger partial charge is 0.318 e. The van der Waals surface area contributed by atoms with Gasteiger partial charge in [-0.2, -0.15) is 0 Å². The third-order valence-electron chi connectivity index (χ3n) is 2.88. The number of carbonyl (C=O) groups is 2. The maximum atomic E-state index is 11.8. The van der Waals surface area contributed by atoms with E-state index >= 15 is 0 Å². The van der Waals surface area contributed by atoms with E-state index in [1.54, 1.807) is 17.5 Å². The molecule has 1 aromatic heterocycles. The lowest BCUT2D eigenvalue weighted by Gasteiger charge is -2.08. The van der Waals surface area contributed by atoms with E-state index in [9.17, 15) is 9.59 Å². The minimum Gasteiger partial charge on any atom is -0.318 e. The number of aryl methyl sites for hydroxylation is 1. The van der Waals surface area contributed by atoms with Gasteiger partial charge in [-0.15, -0.1) is 11.3 Å². The first-order chi connectivity index (χ1) is 9.95. The average Bonchev–Trinajstić information content (AvgIpc) is 2.84. The maximum Gasteiger partial charge on any atom is 0.315 e. The Kier molecular flexibility index (Phi) is 4.70. The normalized spacial score (nSPS) is 10.5. The van der Waals surface area contributed by atoms with Gasteiger partial charge in [0, 0.05) is 11.1 Å². The van der Waals surface area contributed by atoms with Gasteiger partial charge in [0.1, 0.15) is 0 Å². The molecule has 0 aliphatic rings. The minimum absolute atomic E-state index is 0.419. The van der Waals surface area contributed by atoms with Crippen molar-refractivity contribution in [3.05, 3.63) is 40.9 Å². The highest BCUT2D eigenvalue weighted by atomic mass is 32.1. The molecular weight excluding hydrogens is 286 g/mol. The molecule has 110 valence electrons. The zero-order chi connectivity index (χ0) is 15.4. The number of benzene rings is 1. The van der Waals surface area contributed by atoms with Crippen molar-refractivity contribution < 1.29 is 9.59 Å². The molecule has 0 fully saturated rings. The van der Waals surface area contributed by atoms with Crippen molar-refractivity contribution in [1.82, 2.24) is 4.98 Å². The average molecular weight is 303 g/mol. The van der Waals surface area contributed by atoms with Crippen molar-refractivity contribution in [1.29, 1.82) is 0 Å². The Morgan fingerprint density at radius 3 is 2.24 bits per heavy atom. The summed E-state index contributed by atoms with van der Waals surface area (Å²) in [6, 6.07) is 7.44. The van der Waals surface area contributed by atoms with E-state index in [2.05, 4.69) is 29.5 Å². The van der Waals surface area contributed by atoms with Crippen LogP contribution in [0.4, 0.5) is 10.8 Å². The molecule has 2 rings (SSSR count). The second-order valence-corrected chi connectivity index (χ2v) is 5.84. The van der Waals surface area contributed by atoms with Gasteiger partial charge in [0.05, 0.1) is 5.69 Å². The summed E-state index contributed by atoms with van der Waals surface area (Å²) in [7, 11) is 0. The first-order valence-corrected chi connectivity index (χ1v) is 7.48. The highest BCUT2D eigenvalue weighted by Gasteiger charge is 2.15. The minimum atomic E-state index is -0.725. The fourth-order valence-electron chi connectivity index (χ4n) is 1.70. The number of nitrogens with one attached hydrogen (secondary N) is 2. The molecule has 2 aromatic rings. The van der Waals surface area contributed by atoms with E-state index in [1.165, 1.54) is 16.9 Å². The van der Waals surface area contributed by atoms with Gasteiger partial charge in [-0.1, -0.05) is 26.0 Å². The number of amides is 2. The molecular formula is C15H17N3O2S. The molecule has 0 atom stereocenters. The smallest absolute Gasteiger partial charge is 0.315 e. The predicted molar refractivity (Wildman–Crippen MR) is 84.6 cm³/mol. The number of carbonyl (C=O) groups excluding carboxylic acids is 2. The van der Waals surface area contributed by atoms with Crippen molar-refractivity contribution in [2.45, 2.75) is 26.7 Å². The van der Waals surface area contributed by atoms with Crippen LogP contribution in [-0.2, 0) is 9.59 Å². The second kappa shape index (κ2) is 6.49. The van der Waals surface area contributed by atoms with Crippen LogP contribution in [0.5, 0.6) is 0 Å². The first-order valence-electron chi connectivity index (χ1n) is 6.60. The number of hydrogen-bond acceptors (Lipinski definition) is 4. The SMILES string of the molecule is Cc1csc(NC(=O)C(=O)Nc2ccc(C(C)C)cc2)n1. The number of aromatic nitrogens is 1. The van der Waals surface area contributed by atoms with Gasteiger partial charge in [-0.25, -0.2) is 4.98 Å². The highest BCUT2D eigenvalue weighted by Crippen LogP contribution is 2.17. The van der Waals surface area contributed by atoms with Crippen molar-refractivity contribution in [2.24, 2.45) is 0 Å². The monoisotopic (exact) mass is 303 g/mol. The standard InChI is InChI=1S/C15H17N3O2S/c1-9(2)11-4-6-12(7-5-11)17-13(19)14(20)18-15-16-10(3)8-21-15/h4-9H,1-3H3,(H,17,19)(H,16,18,20). The zero-order valence-corrected chi connectivity index (χ0v) is 13.0. The fourth-order valence-corrected chi connectivity index (χ4v) is 2.39. The van der Waals surface area contributed by atoms with Crippen molar-refractivity contribution in [2.75, 3.05) is 10.6 Å². The molecule has 0 aliphatic heterocycles. The summed E-state index contributed by atoms with van der Waals surface area (Å²) in [5, 5.41) is 7.25. The lowest BCUT2D eigenvalue weighted by Crippen LogP contribution is -2.29. The molecule has 2 N–H and O–H groups in total. The van der Waals surface area contributed by atoms with Gasteiger partial charge in [-0.3, -0.25) is 14.9 Å². The fraction of sp³-hybridized carbons (Fsp3) is 0.267. The molecule has 0 bridgehead atoms. The number of nitrogens with zero attached hydrogens (tertiary/aromatic N) is 1. The van der Waals surface area contributed by atoms with E-state index in [1.807, 2.05) is 19.1 Å². The lowest BCUT2D eigenvalue weighted by atomic mass is 10.0. The number of hydrogen-bond donors (Lipinski definition) is 2. The summed E-state index contributed by atoms with van der Waals surface area (Å²) >= 11 is 1.28. The Morgan fingerprint density at radius 1 is 1.10 bits per heavy atom. The molecule has 2 amide bonds. The van der Waals surface area contributed by atoms with Gasteiger partial charge in [0.2, 0.25) is 0 Å². The van der Waals surface area contributed by atoms with Crippen molar-refractivity contribution in [3.63, 3.8) is 0 Å². The van der Waals surface area contributed by atoms with Crippen molar-refractivity contribution in [3.8, 4) is 0 Å². The summed E-state index contributed by atoms with van der Waals surface area (Å²) in [4.78, 5) is 27.6. The summed E-state index contributed by atoms with van der Waals surface area (Å²) in [6.07, 6.45) is 0. The lowest BCUT2D eigenvalue weighted by molar-refractivity contribution is -0.132. The van der Waals surface area contributed by atoms with Crippen LogP contribution in [0.2, 0.25) is 0 Å². The summed E-state index contributed by atoms with van der Waals surface area (Å²) in [5.41, 5.74) is 2.57. The highest BCUT2D eigenvalue weighted by molar-refractivity contribution is 7.14. The van der Waals surface area contributed by atoms with Crippen LogP contribution >= 0.6 is 11.3 Å². The summed E-state index contributed by atoms with van der Waals surface area (Å²) in [6.45, 7) is 6.01. The molecule has 21 heavy (non-hydrogen) atoms. The number of thiazole rings is 1. The first kappa shape index (κ1) is 15.2. The third-order valence-corrected chi connectivity index (χ3v) is 3.76. The van der Waals surface area contributed by atoms with E-state index in [0.29, 0.717) is 16.7 Å². The zero-order valence-electron chi connectivity index (χ0n) is 12.1. The number of rotatable bonds is 3. The van der Waals surface area contributed by atoms with Gasteiger partial charge in [-0.05, 0) is 30.5 Å². The Morgan fingerprint density at radius 2 is 1.71 bits per heavy atom. The molecule has 0 unspecified atom stereocenters. The Labute approximate surface area is 127 Å². The molecule has 0 saturated carbocycles. The molecule has 5 nitrogen and oxygen atoms in total. The molecule has 6 heteroatoms.